The first-order valence-corrected chi connectivity index (χ1v) is 8.65. The zero-order valence-corrected chi connectivity index (χ0v) is 14.6. The Morgan fingerprint density at radius 3 is 2.72 bits per heavy atom. The monoisotopic (exact) mass is 351 g/mol. The summed E-state index contributed by atoms with van der Waals surface area (Å²) in [7, 11) is 0. The van der Waals surface area contributed by atoms with Gasteiger partial charge in [0.05, 0.1) is 16.4 Å². The van der Waals surface area contributed by atoms with Crippen molar-refractivity contribution in [2.45, 2.75) is 25.8 Å². The van der Waals surface area contributed by atoms with Crippen LogP contribution in [-0.2, 0) is 0 Å². The van der Waals surface area contributed by atoms with E-state index in [1.165, 1.54) is 0 Å². The summed E-state index contributed by atoms with van der Waals surface area (Å²) in [5, 5.41) is 7.37. The topological polar surface area (TPSA) is 62.7 Å². The zero-order valence-electron chi connectivity index (χ0n) is 13.8. The largest absolute Gasteiger partial charge is 0.351 e. The lowest BCUT2D eigenvalue weighted by atomic mass is 10.2. The third-order valence-corrected chi connectivity index (χ3v) is 4.38. The number of aryl methyl sites for hydroxylation is 1. The maximum atomic E-state index is 6.34. The van der Waals surface area contributed by atoms with Gasteiger partial charge in [-0.15, -0.1) is 0 Å². The summed E-state index contributed by atoms with van der Waals surface area (Å²) in [6.07, 6.45) is 5.87. The molecule has 1 aromatic carbocycles. The number of anilines is 3. The van der Waals surface area contributed by atoms with Crippen molar-refractivity contribution in [2.75, 3.05) is 10.6 Å². The molecule has 0 radical (unpaired) electrons. The Bertz CT molecular complexity index is 873. The molecule has 2 N–H and O–H groups in total. The van der Waals surface area contributed by atoms with Crippen molar-refractivity contribution < 1.29 is 0 Å². The van der Waals surface area contributed by atoms with Crippen LogP contribution in [0.2, 0.25) is 5.02 Å². The fourth-order valence-corrected chi connectivity index (χ4v) is 2.84. The summed E-state index contributed by atoms with van der Waals surface area (Å²) >= 11 is 6.34. The molecular weight excluding hydrogens is 334 g/mol. The van der Waals surface area contributed by atoms with E-state index in [0.717, 1.165) is 35.3 Å². The van der Waals surface area contributed by atoms with Gasteiger partial charge in [-0.2, -0.15) is 4.98 Å². The van der Waals surface area contributed by atoms with Crippen LogP contribution < -0.4 is 10.6 Å². The Balaban J connectivity index is 1.73. The number of hydrogen-bond acceptors (Lipinski definition) is 5. The van der Waals surface area contributed by atoms with E-state index < -0.39 is 0 Å². The minimum absolute atomic E-state index is 0.471. The smallest absolute Gasteiger partial charge is 0.225 e. The molecule has 0 aliphatic heterocycles. The number of hydrogen-bond donors (Lipinski definition) is 2. The molecule has 1 saturated carbocycles. The van der Waals surface area contributed by atoms with E-state index in [-0.39, 0.29) is 0 Å². The average Bonchev–Trinajstić information content (AvgIpc) is 3.43. The number of para-hydroxylation sites is 1. The van der Waals surface area contributed by atoms with Gasteiger partial charge in [0.15, 0.2) is 0 Å². The maximum absolute atomic E-state index is 6.34. The molecule has 25 heavy (non-hydrogen) atoms. The summed E-state index contributed by atoms with van der Waals surface area (Å²) in [6, 6.07) is 12.1. The minimum Gasteiger partial charge on any atom is -0.351 e. The zero-order chi connectivity index (χ0) is 17.2. The molecule has 0 bridgehead atoms. The van der Waals surface area contributed by atoms with Crippen molar-refractivity contribution in [1.29, 1.82) is 0 Å². The fourth-order valence-electron chi connectivity index (χ4n) is 2.57. The van der Waals surface area contributed by atoms with E-state index >= 15 is 0 Å². The molecule has 1 aliphatic carbocycles. The van der Waals surface area contributed by atoms with E-state index in [4.69, 9.17) is 11.6 Å². The first-order valence-electron chi connectivity index (χ1n) is 8.27. The van der Waals surface area contributed by atoms with Gasteiger partial charge in [-0.25, -0.2) is 4.98 Å². The van der Waals surface area contributed by atoms with Gasteiger partial charge in [-0.3, -0.25) is 4.98 Å². The molecule has 2 aromatic heterocycles. The average molecular weight is 352 g/mol. The normalized spacial score (nSPS) is 13.5. The summed E-state index contributed by atoms with van der Waals surface area (Å²) in [4.78, 5) is 13.4. The lowest BCUT2D eigenvalue weighted by Crippen LogP contribution is -2.08. The quantitative estimate of drug-likeness (QED) is 0.690. The van der Waals surface area contributed by atoms with E-state index in [9.17, 15) is 0 Å². The van der Waals surface area contributed by atoms with Crippen molar-refractivity contribution in [3.8, 4) is 11.3 Å². The SMILES string of the molecule is Cc1cccc(Cl)c1Nc1cc(-c2cccnc2)nc(NC2CC2)n1. The number of halogens is 1. The van der Waals surface area contributed by atoms with Crippen LogP contribution in [0.1, 0.15) is 18.4 Å². The van der Waals surface area contributed by atoms with Crippen molar-refractivity contribution in [3.63, 3.8) is 0 Å². The van der Waals surface area contributed by atoms with Gasteiger partial charge in [0, 0.05) is 30.1 Å². The molecule has 1 fully saturated rings. The number of rotatable bonds is 5. The third-order valence-electron chi connectivity index (χ3n) is 4.07. The highest BCUT2D eigenvalue weighted by Crippen LogP contribution is 2.31. The van der Waals surface area contributed by atoms with Gasteiger partial charge >= 0.3 is 0 Å². The second-order valence-corrected chi connectivity index (χ2v) is 6.59. The highest BCUT2D eigenvalue weighted by molar-refractivity contribution is 6.33. The van der Waals surface area contributed by atoms with Crippen LogP contribution in [0.15, 0.2) is 48.8 Å². The standard InChI is InChI=1S/C19H18ClN5/c1-12-4-2-6-15(20)18(12)24-17-10-16(13-5-3-9-21-11-13)23-19(25-17)22-14-7-8-14/h2-6,9-11,14H,7-8H2,1H3,(H2,22,23,24,25). The Labute approximate surface area is 151 Å². The van der Waals surface area contributed by atoms with E-state index in [0.29, 0.717) is 22.8 Å². The summed E-state index contributed by atoms with van der Waals surface area (Å²) in [6.45, 7) is 2.01. The van der Waals surface area contributed by atoms with Crippen LogP contribution in [-0.4, -0.2) is 21.0 Å². The third kappa shape index (κ3) is 3.72. The molecule has 0 atom stereocenters. The molecule has 0 spiro atoms. The highest BCUT2D eigenvalue weighted by atomic mass is 35.5. The van der Waals surface area contributed by atoms with Crippen LogP contribution in [0.25, 0.3) is 11.3 Å². The van der Waals surface area contributed by atoms with Crippen LogP contribution in [0.5, 0.6) is 0 Å². The molecule has 4 rings (SSSR count). The molecule has 0 amide bonds. The van der Waals surface area contributed by atoms with Gasteiger partial charge in [0.2, 0.25) is 5.95 Å². The minimum atomic E-state index is 0.471. The van der Waals surface area contributed by atoms with Crippen molar-refractivity contribution in [3.05, 3.63) is 59.4 Å². The fraction of sp³-hybridized carbons (Fsp3) is 0.211. The Kier molecular flexibility index (Phi) is 4.24. The van der Waals surface area contributed by atoms with E-state index in [2.05, 4.69) is 25.6 Å². The second kappa shape index (κ2) is 6.69. The summed E-state index contributed by atoms with van der Waals surface area (Å²) < 4.78 is 0. The molecule has 126 valence electrons. The van der Waals surface area contributed by atoms with Crippen LogP contribution >= 0.6 is 11.6 Å². The molecule has 2 heterocycles. The molecule has 1 aliphatic rings. The van der Waals surface area contributed by atoms with Gasteiger partial charge in [0.1, 0.15) is 5.82 Å². The van der Waals surface area contributed by atoms with E-state index in [1.54, 1.807) is 12.4 Å². The Hall–Kier alpha value is -2.66. The Morgan fingerprint density at radius 2 is 2.00 bits per heavy atom. The van der Waals surface area contributed by atoms with Gasteiger partial charge < -0.3 is 10.6 Å². The summed E-state index contributed by atoms with van der Waals surface area (Å²) in [5.74, 6) is 1.32. The molecule has 6 heteroatoms. The number of benzene rings is 1. The number of pyridine rings is 1. The summed E-state index contributed by atoms with van der Waals surface area (Å²) in [5.41, 5.74) is 3.68. The second-order valence-electron chi connectivity index (χ2n) is 6.18. The number of aromatic nitrogens is 3. The van der Waals surface area contributed by atoms with Gasteiger partial charge in [0.25, 0.3) is 0 Å². The lowest BCUT2D eigenvalue weighted by molar-refractivity contribution is 1.06. The Morgan fingerprint density at radius 1 is 1.12 bits per heavy atom. The number of nitrogens with one attached hydrogen (secondary N) is 2. The van der Waals surface area contributed by atoms with E-state index in [1.807, 2.05) is 43.3 Å². The lowest BCUT2D eigenvalue weighted by Gasteiger charge is -2.13. The molecular formula is C19H18ClN5. The van der Waals surface area contributed by atoms with Crippen LogP contribution in [0.3, 0.4) is 0 Å². The van der Waals surface area contributed by atoms with Crippen molar-refractivity contribution in [1.82, 2.24) is 15.0 Å². The first-order chi connectivity index (χ1) is 12.2. The van der Waals surface area contributed by atoms with Crippen molar-refractivity contribution >= 4 is 29.1 Å². The molecule has 0 saturated heterocycles. The van der Waals surface area contributed by atoms with Crippen LogP contribution in [0.4, 0.5) is 17.5 Å². The molecule has 5 nitrogen and oxygen atoms in total. The van der Waals surface area contributed by atoms with Gasteiger partial charge in [-0.05, 0) is 43.5 Å². The maximum Gasteiger partial charge on any atom is 0.225 e. The van der Waals surface area contributed by atoms with Gasteiger partial charge in [-0.1, -0.05) is 23.7 Å². The first kappa shape index (κ1) is 15.8. The van der Waals surface area contributed by atoms with Crippen molar-refractivity contribution in [2.24, 2.45) is 0 Å². The highest BCUT2D eigenvalue weighted by Gasteiger charge is 2.22. The number of nitrogens with zero attached hydrogens (tertiary/aromatic N) is 3. The predicted octanol–water partition coefficient (Wildman–Crippen LogP) is 4.82. The molecule has 3 aromatic rings. The van der Waals surface area contributed by atoms with Crippen LogP contribution in [0, 0.1) is 6.92 Å². The molecule has 0 unspecified atom stereocenters. The predicted molar refractivity (Wildman–Crippen MR) is 101 cm³/mol.